The first-order chi connectivity index (χ1) is 6.41. The Morgan fingerprint density at radius 1 is 1.43 bits per heavy atom. The zero-order valence-corrected chi connectivity index (χ0v) is 9.93. The zero-order chi connectivity index (χ0) is 10.6. The number of fused-ring (bicyclic) bond motifs is 2. The largest absolute Gasteiger partial charge is 0.330 e. The third-order valence-corrected chi connectivity index (χ3v) is 5.17. The molecule has 0 amide bonds. The van der Waals surface area contributed by atoms with Crippen molar-refractivity contribution < 1.29 is 0 Å². The predicted octanol–water partition coefficient (Wildman–Crippen LogP) is 2.96. The summed E-state index contributed by atoms with van der Waals surface area (Å²) in [4.78, 5) is 0. The monoisotopic (exact) mass is 193 g/mol. The Bertz CT molecular complexity index is 277. The molecule has 0 saturated heterocycles. The van der Waals surface area contributed by atoms with Gasteiger partial charge in [0.25, 0.3) is 0 Å². The lowest BCUT2D eigenvalue weighted by Crippen LogP contribution is -2.53. The van der Waals surface area contributed by atoms with Gasteiger partial charge < -0.3 is 5.73 Å². The predicted molar refractivity (Wildman–Crippen MR) is 60.9 cm³/mol. The van der Waals surface area contributed by atoms with Crippen LogP contribution in [0.4, 0.5) is 0 Å². The normalized spacial score (nSPS) is 45.1. The fourth-order valence-corrected chi connectivity index (χ4v) is 3.95. The maximum Gasteiger partial charge on any atom is -0.00273 e. The SMILES string of the molecule is CC1=CC2CC(CN)C1(C)C(C)(C)C2. The van der Waals surface area contributed by atoms with E-state index in [0.717, 1.165) is 12.5 Å². The first-order valence-electron chi connectivity index (χ1n) is 5.81. The Morgan fingerprint density at radius 2 is 2.07 bits per heavy atom. The summed E-state index contributed by atoms with van der Waals surface area (Å²) in [5.74, 6) is 1.49. The number of nitrogens with two attached hydrogens (primary N) is 1. The molecule has 1 fully saturated rings. The van der Waals surface area contributed by atoms with Crippen molar-refractivity contribution in [3.05, 3.63) is 11.6 Å². The molecule has 14 heavy (non-hydrogen) atoms. The van der Waals surface area contributed by atoms with E-state index < -0.39 is 0 Å². The second kappa shape index (κ2) is 2.85. The average molecular weight is 193 g/mol. The summed E-state index contributed by atoms with van der Waals surface area (Å²) in [6.45, 7) is 10.4. The smallest absolute Gasteiger partial charge is 0.00273 e. The summed E-state index contributed by atoms with van der Waals surface area (Å²) in [5, 5.41) is 0. The Morgan fingerprint density at radius 3 is 2.50 bits per heavy atom. The van der Waals surface area contributed by atoms with Gasteiger partial charge in [0.15, 0.2) is 0 Å². The molecule has 80 valence electrons. The molecule has 2 bridgehead atoms. The average Bonchev–Trinajstić information content (AvgIpc) is 2.07. The highest BCUT2D eigenvalue weighted by Crippen LogP contribution is 2.62. The summed E-state index contributed by atoms with van der Waals surface area (Å²) in [6, 6.07) is 0. The van der Waals surface area contributed by atoms with Crippen molar-refractivity contribution in [2.24, 2.45) is 28.4 Å². The van der Waals surface area contributed by atoms with Gasteiger partial charge in [0.05, 0.1) is 0 Å². The van der Waals surface area contributed by atoms with Gasteiger partial charge in [-0.3, -0.25) is 0 Å². The first-order valence-corrected chi connectivity index (χ1v) is 5.81. The molecule has 1 nitrogen and oxygen atoms in total. The lowest BCUT2D eigenvalue weighted by Gasteiger charge is -2.59. The van der Waals surface area contributed by atoms with Crippen LogP contribution in [0.5, 0.6) is 0 Å². The van der Waals surface area contributed by atoms with Crippen LogP contribution in [0.2, 0.25) is 0 Å². The van der Waals surface area contributed by atoms with Crippen LogP contribution < -0.4 is 5.73 Å². The summed E-state index contributed by atoms with van der Waals surface area (Å²) in [6.07, 6.45) is 5.16. The highest BCUT2D eigenvalue weighted by Gasteiger charge is 2.54. The van der Waals surface area contributed by atoms with Gasteiger partial charge in [-0.25, -0.2) is 0 Å². The molecule has 2 N–H and O–H groups in total. The third kappa shape index (κ3) is 1.05. The van der Waals surface area contributed by atoms with Crippen LogP contribution in [0.25, 0.3) is 0 Å². The molecular weight excluding hydrogens is 170 g/mol. The third-order valence-electron chi connectivity index (χ3n) is 5.17. The summed E-state index contributed by atoms with van der Waals surface area (Å²) in [5.41, 5.74) is 8.29. The molecule has 0 spiro atoms. The Balaban J connectivity index is 2.48. The van der Waals surface area contributed by atoms with Crippen molar-refractivity contribution in [1.29, 1.82) is 0 Å². The molecule has 0 radical (unpaired) electrons. The molecule has 1 heteroatoms. The van der Waals surface area contributed by atoms with E-state index in [1.54, 1.807) is 5.57 Å². The van der Waals surface area contributed by atoms with E-state index in [1.807, 2.05) is 0 Å². The number of hydrogen-bond acceptors (Lipinski definition) is 1. The maximum atomic E-state index is 5.93. The van der Waals surface area contributed by atoms with Gasteiger partial charge in [-0.1, -0.05) is 32.4 Å². The number of hydrogen-bond donors (Lipinski definition) is 1. The van der Waals surface area contributed by atoms with Crippen molar-refractivity contribution in [2.75, 3.05) is 6.54 Å². The standard InChI is InChI=1S/C13H23N/c1-9-5-10-6-11(8-14)13(9,4)12(2,3)7-10/h5,10-11H,6-8,14H2,1-4H3. The fourth-order valence-electron chi connectivity index (χ4n) is 3.95. The molecule has 3 rings (SSSR count). The van der Waals surface area contributed by atoms with Gasteiger partial charge in [0, 0.05) is 0 Å². The fraction of sp³-hybridized carbons (Fsp3) is 0.846. The lowest BCUT2D eigenvalue weighted by atomic mass is 9.45. The summed E-state index contributed by atoms with van der Waals surface area (Å²) in [7, 11) is 0. The Labute approximate surface area is 87.8 Å². The van der Waals surface area contributed by atoms with Gasteiger partial charge >= 0.3 is 0 Å². The van der Waals surface area contributed by atoms with Crippen molar-refractivity contribution in [1.82, 2.24) is 0 Å². The van der Waals surface area contributed by atoms with E-state index in [0.29, 0.717) is 16.7 Å². The summed E-state index contributed by atoms with van der Waals surface area (Å²) < 4.78 is 0. The quantitative estimate of drug-likeness (QED) is 0.637. The van der Waals surface area contributed by atoms with Crippen LogP contribution in [-0.2, 0) is 0 Å². The molecule has 0 aliphatic heterocycles. The Hall–Kier alpha value is -0.300. The van der Waals surface area contributed by atoms with Crippen LogP contribution in [0.15, 0.2) is 11.6 Å². The van der Waals surface area contributed by atoms with Crippen LogP contribution in [0.1, 0.15) is 40.5 Å². The molecule has 0 heterocycles. The zero-order valence-electron chi connectivity index (χ0n) is 9.93. The van der Waals surface area contributed by atoms with Crippen LogP contribution in [0, 0.1) is 22.7 Å². The molecule has 0 aromatic rings. The first kappa shape index (κ1) is 10.2. The highest BCUT2D eigenvalue weighted by molar-refractivity contribution is 5.26. The van der Waals surface area contributed by atoms with Gasteiger partial charge in [-0.2, -0.15) is 0 Å². The van der Waals surface area contributed by atoms with Gasteiger partial charge in [-0.15, -0.1) is 0 Å². The van der Waals surface area contributed by atoms with E-state index in [2.05, 4.69) is 33.8 Å². The van der Waals surface area contributed by atoms with Crippen molar-refractivity contribution in [2.45, 2.75) is 40.5 Å². The molecule has 3 unspecified atom stereocenters. The molecule has 0 aromatic heterocycles. The summed E-state index contributed by atoms with van der Waals surface area (Å²) >= 11 is 0. The van der Waals surface area contributed by atoms with E-state index in [1.165, 1.54) is 12.8 Å². The maximum absolute atomic E-state index is 5.93. The van der Waals surface area contributed by atoms with Crippen LogP contribution in [0.3, 0.4) is 0 Å². The minimum Gasteiger partial charge on any atom is -0.330 e. The second-order valence-corrected chi connectivity index (χ2v) is 6.07. The second-order valence-electron chi connectivity index (χ2n) is 6.07. The van der Waals surface area contributed by atoms with E-state index in [-0.39, 0.29) is 0 Å². The molecular formula is C13H23N. The topological polar surface area (TPSA) is 26.0 Å². The van der Waals surface area contributed by atoms with Crippen molar-refractivity contribution in [3.63, 3.8) is 0 Å². The molecule has 3 aliphatic carbocycles. The lowest BCUT2D eigenvalue weighted by molar-refractivity contribution is -0.0239. The van der Waals surface area contributed by atoms with Gasteiger partial charge in [-0.05, 0) is 49.0 Å². The minimum absolute atomic E-state index is 0.344. The number of allylic oxidation sites excluding steroid dienone is 2. The van der Waals surface area contributed by atoms with Gasteiger partial charge in [0.2, 0.25) is 0 Å². The van der Waals surface area contributed by atoms with Crippen LogP contribution >= 0.6 is 0 Å². The number of rotatable bonds is 1. The molecule has 3 aliphatic rings. The van der Waals surface area contributed by atoms with E-state index in [9.17, 15) is 0 Å². The highest BCUT2D eigenvalue weighted by atomic mass is 14.7. The molecule has 0 aromatic carbocycles. The van der Waals surface area contributed by atoms with Gasteiger partial charge in [0.1, 0.15) is 0 Å². The van der Waals surface area contributed by atoms with Crippen molar-refractivity contribution in [3.8, 4) is 0 Å². The van der Waals surface area contributed by atoms with Crippen LogP contribution in [-0.4, -0.2) is 6.54 Å². The Kier molecular flexibility index (Phi) is 2.08. The van der Waals surface area contributed by atoms with E-state index in [4.69, 9.17) is 5.73 Å². The molecule has 3 atom stereocenters. The van der Waals surface area contributed by atoms with Crippen molar-refractivity contribution >= 4 is 0 Å². The molecule has 1 saturated carbocycles. The van der Waals surface area contributed by atoms with E-state index >= 15 is 0 Å². The minimum atomic E-state index is 0.344.